The fraction of sp³-hybridized carbons (Fsp3) is 0.421. The summed E-state index contributed by atoms with van der Waals surface area (Å²) in [4.78, 5) is 12.0. The summed E-state index contributed by atoms with van der Waals surface area (Å²) in [5.41, 5.74) is 1.64. The maximum Gasteiger partial charge on any atom is 0.184 e. The van der Waals surface area contributed by atoms with Crippen LogP contribution in [0.5, 0.6) is 0 Å². The monoisotopic (exact) mass is 350 g/mol. The Kier molecular flexibility index (Phi) is 7.50. The van der Waals surface area contributed by atoms with Crippen molar-refractivity contribution in [2.75, 3.05) is 13.2 Å². The highest BCUT2D eigenvalue weighted by molar-refractivity contribution is 6.22. The maximum atomic E-state index is 12.0. The molecule has 1 aliphatic rings. The molecule has 0 heterocycles. The van der Waals surface area contributed by atoms with Crippen molar-refractivity contribution < 1.29 is 19.4 Å². The van der Waals surface area contributed by atoms with Crippen molar-refractivity contribution >= 4 is 17.4 Å². The van der Waals surface area contributed by atoms with Crippen molar-refractivity contribution in [2.24, 2.45) is 0 Å². The zero-order chi connectivity index (χ0) is 17.4. The number of ketones is 1. The Morgan fingerprint density at radius 1 is 1.29 bits per heavy atom. The molecule has 0 aromatic heterocycles. The van der Waals surface area contributed by atoms with E-state index >= 15 is 0 Å². The number of hydrogen-bond donors (Lipinski definition) is 1. The first-order valence-electron chi connectivity index (χ1n) is 8.12. The second-order valence-corrected chi connectivity index (χ2v) is 6.12. The average Bonchev–Trinajstić information content (AvgIpc) is 2.58. The minimum Gasteiger partial charge on any atom is -0.498 e. The van der Waals surface area contributed by atoms with E-state index in [2.05, 4.69) is 0 Å². The van der Waals surface area contributed by atoms with E-state index in [0.717, 1.165) is 5.56 Å². The van der Waals surface area contributed by atoms with E-state index in [0.29, 0.717) is 37.4 Å². The lowest BCUT2D eigenvalue weighted by Gasteiger charge is -2.18. The number of rotatable bonds is 8. The maximum absolute atomic E-state index is 12.0. The smallest absolute Gasteiger partial charge is 0.184 e. The quantitative estimate of drug-likeness (QED) is 0.577. The van der Waals surface area contributed by atoms with Crippen LogP contribution in [0.25, 0.3) is 0 Å². The molecule has 2 atom stereocenters. The summed E-state index contributed by atoms with van der Waals surface area (Å²) >= 11 is 6.20. The Bertz CT molecular complexity index is 595. The molecule has 0 bridgehead atoms. The van der Waals surface area contributed by atoms with Crippen LogP contribution < -0.4 is 0 Å². The summed E-state index contributed by atoms with van der Waals surface area (Å²) in [5, 5.41) is 9.43. The molecule has 1 aliphatic carbocycles. The third kappa shape index (κ3) is 5.78. The SMILES string of the molecule is CCOC1=CC(=O)/C(=C/[C@@H](Cl)[C@@H](O)COCc2ccccc2)CC1. The molecule has 0 saturated heterocycles. The summed E-state index contributed by atoms with van der Waals surface area (Å²) in [7, 11) is 0. The molecular weight excluding hydrogens is 328 g/mol. The van der Waals surface area contributed by atoms with Gasteiger partial charge in [-0.25, -0.2) is 0 Å². The summed E-state index contributed by atoms with van der Waals surface area (Å²) in [6.07, 6.45) is 3.51. The van der Waals surface area contributed by atoms with Gasteiger partial charge in [0.1, 0.15) is 5.76 Å². The first-order chi connectivity index (χ1) is 11.6. The molecule has 5 heteroatoms. The van der Waals surface area contributed by atoms with E-state index in [1.807, 2.05) is 37.3 Å². The Morgan fingerprint density at radius 3 is 2.71 bits per heavy atom. The van der Waals surface area contributed by atoms with Gasteiger partial charge in [-0.05, 0) is 24.5 Å². The first-order valence-corrected chi connectivity index (χ1v) is 8.56. The zero-order valence-electron chi connectivity index (χ0n) is 13.8. The van der Waals surface area contributed by atoms with Gasteiger partial charge >= 0.3 is 0 Å². The van der Waals surface area contributed by atoms with Crippen LogP contribution in [0.3, 0.4) is 0 Å². The molecule has 0 saturated carbocycles. The third-order valence-electron chi connectivity index (χ3n) is 3.71. The summed E-state index contributed by atoms with van der Waals surface area (Å²) < 4.78 is 10.8. The van der Waals surface area contributed by atoms with Crippen molar-refractivity contribution in [2.45, 2.75) is 37.9 Å². The fourth-order valence-electron chi connectivity index (χ4n) is 2.42. The summed E-state index contributed by atoms with van der Waals surface area (Å²) in [6.45, 7) is 2.96. The molecule has 1 aromatic rings. The molecule has 0 aliphatic heterocycles. The van der Waals surface area contributed by atoms with Crippen molar-refractivity contribution in [1.29, 1.82) is 0 Å². The van der Waals surface area contributed by atoms with Crippen LogP contribution in [0.15, 0.2) is 53.8 Å². The highest BCUT2D eigenvalue weighted by Gasteiger charge is 2.21. The molecule has 1 aromatic carbocycles. The number of alkyl halides is 1. The minimum atomic E-state index is -0.868. The number of benzene rings is 1. The fourth-order valence-corrected chi connectivity index (χ4v) is 2.65. The van der Waals surface area contributed by atoms with Crippen LogP contribution in [0, 0.1) is 0 Å². The summed E-state index contributed by atoms with van der Waals surface area (Å²) in [5.74, 6) is 0.602. The van der Waals surface area contributed by atoms with Crippen LogP contribution in [0.1, 0.15) is 25.3 Å². The highest BCUT2D eigenvalue weighted by Crippen LogP contribution is 2.23. The lowest BCUT2D eigenvalue weighted by molar-refractivity contribution is -0.112. The lowest BCUT2D eigenvalue weighted by atomic mass is 9.96. The van der Waals surface area contributed by atoms with E-state index in [9.17, 15) is 9.90 Å². The molecule has 1 N–H and O–H groups in total. The topological polar surface area (TPSA) is 55.8 Å². The van der Waals surface area contributed by atoms with Gasteiger partial charge in [-0.3, -0.25) is 4.79 Å². The van der Waals surface area contributed by atoms with E-state index in [4.69, 9.17) is 21.1 Å². The van der Waals surface area contributed by atoms with E-state index in [1.54, 1.807) is 6.08 Å². The van der Waals surface area contributed by atoms with Crippen molar-refractivity contribution in [3.8, 4) is 0 Å². The zero-order valence-corrected chi connectivity index (χ0v) is 14.5. The van der Waals surface area contributed by atoms with Gasteiger partial charge in [-0.2, -0.15) is 0 Å². The van der Waals surface area contributed by atoms with Gasteiger partial charge in [-0.15, -0.1) is 11.6 Å². The minimum absolute atomic E-state index is 0.104. The molecule has 0 fully saturated rings. The number of ether oxygens (including phenoxy) is 2. The molecule has 0 unspecified atom stereocenters. The molecular formula is C19H23ClO4. The number of aliphatic hydroxyl groups excluding tert-OH is 1. The Labute approximate surface area is 147 Å². The summed E-state index contributed by atoms with van der Waals surface area (Å²) in [6, 6.07) is 9.71. The average molecular weight is 351 g/mol. The molecule has 4 nitrogen and oxygen atoms in total. The number of halogens is 1. The Balaban J connectivity index is 1.82. The van der Waals surface area contributed by atoms with Gasteiger partial charge in [0.15, 0.2) is 5.78 Å². The predicted octanol–water partition coefficient (Wildman–Crippen LogP) is 3.38. The third-order valence-corrected chi connectivity index (χ3v) is 4.12. The standard InChI is InChI=1S/C19H23ClO4/c1-2-24-16-9-8-15(18(21)11-16)10-17(20)19(22)13-23-12-14-6-4-3-5-7-14/h3-7,10-11,17,19,22H,2,8-9,12-13H2,1H3/b15-10+/t17-,19+/m1/s1. The largest absolute Gasteiger partial charge is 0.498 e. The van der Waals surface area contributed by atoms with Crippen molar-refractivity contribution in [3.05, 3.63) is 59.4 Å². The molecule has 24 heavy (non-hydrogen) atoms. The van der Waals surface area contributed by atoms with Gasteiger partial charge in [0.2, 0.25) is 0 Å². The molecule has 0 radical (unpaired) electrons. The van der Waals surface area contributed by atoms with Crippen LogP contribution >= 0.6 is 11.6 Å². The number of hydrogen-bond acceptors (Lipinski definition) is 4. The Morgan fingerprint density at radius 2 is 2.04 bits per heavy atom. The molecule has 2 rings (SSSR count). The van der Waals surface area contributed by atoms with Gasteiger partial charge in [-0.1, -0.05) is 36.4 Å². The first kappa shape index (κ1) is 18.7. The Hall–Kier alpha value is -1.62. The second-order valence-electron chi connectivity index (χ2n) is 5.61. The van der Waals surface area contributed by atoms with E-state index in [1.165, 1.54) is 6.08 Å². The van der Waals surface area contributed by atoms with Crippen molar-refractivity contribution in [3.63, 3.8) is 0 Å². The van der Waals surface area contributed by atoms with Gasteiger partial charge in [0.25, 0.3) is 0 Å². The number of carbonyl (C=O) groups excluding carboxylic acids is 1. The number of aliphatic hydroxyl groups is 1. The van der Waals surface area contributed by atoms with E-state index < -0.39 is 11.5 Å². The number of allylic oxidation sites excluding steroid dienone is 3. The predicted molar refractivity (Wildman–Crippen MR) is 93.8 cm³/mol. The highest BCUT2D eigenvalue weighted by atomic mass is 35.5. The van der Waals surface area contributed by atoms with Crippen molar-refractivity contribution in [1.82, 2.24) is 0 Å². The molecule has 130 valence electrons. The normalized spacial score (nSPS) is 19.0. The van der Waals surface area contributed by atoms with Gasteiger partial charge in [0.05, 0.1) is 31.3 Å². The molecule has 0 spiro atoms. The van der Waals surface area contributed by atoms with Crippen LogP contribution in [0.2, 0.25) is 0 Å². The molecule has 0 amide bonds. The lowest BCUT2D eigenvalue weighted by Crippen LogP contribution is -2.26. The van der Waals surface area contributed by atoms with Crippen LogP contribution in [-0.4, -0.2) is 35.6 Å². The second kappa shape index (κ2) is 9.62. The van der Waals surface area contributed by atoms with Gasteiger partial charge in [0, 0.05) is 12.5 Å². The van der Waals surface area contributed by atoms with Crippen LogP contribution in [-0.2, 0) is 20.9 Å². The van der Waals surface area contributed by atoms with Crippen LogP contribution in [0.4, 0.5) is 0 Å². The number of carbonyl (C=O) groups is 1. The van der Waals surface area contributed by atoms with Gasteiger partial charge < -0.3 is 14.6 Å². The van der Waals surface area contributed by atoms with E-state index in [-0.39, 0.29) is 12.4 Å².